The zero-order chi connectivity index (χ0) is 21.4. The van der Waals surface area contributed by atoms with E-state index in [9.17, 15) is 19.8 Å². The fourth-order valence-corrected chi connectivity index (χ4v) is 2.88. The lowest BCUT2D eigenvalue weighted by molar-refractivity contribution is -0.151. The quantitative estimate of drug-likeness (QED) is 0.569. The van der Waals surface area contributed by atoms with Crippen molar-refractivity contribution >= 4 is 29.1 Å². The van der Waals surface area contributed by atoms with E-state index in [1.807, 2.05) is 37.3 Å². The summed E-state index contributed by atoms with van der Waals surface area (Å²) in [5.74, 6) is -1.59. The van der Waals surface area contributed by atoms with Crippen LogP contribution in [-0.2, 0) is 16.1 Å². The van der Waals surface area contributed by atoms with Gasteiger partial charge in [-0.3, -0.25) is 9.59 Å². The molecular weight excluding hydrogens is 394 g/mol. The average Bonchev–Trinajstić information content (AvgIpc) is 2.73. The molecule has 2 amide bonds. The highest BCUT2D eigenvalue weighted by Crippen LogP contribution is 2.14. The first-order valence-electron chi connectivity index (χ1n) is 8.93. The first-order valence-corrected chi connectivity index (χ1v) is 9.47. The van der Waals surface area contributed by atoms with Crippen molar-refractivity contribution in [1.29, 1.82) is 5.26 Å². The number of nitrogens with zero attached hydrogens (tertiary/aromatic N) is 2. The van der Waals surface area contributed by atoms with Crippen molar-refractivity contribution in [3.8, 4) is 6.07 Å². The Morgan fingerprint density at radius 2 is 1.79 bits per heavy atom. The van der Waals surface area contributed by atoms with Crippen LogP contribution in [-0.4, -0.2) is 51.6 Å². The third-order valence-electron chi connectivity index (χ3n) is 4.39. The number of carbonyl (C=O) groups excluding carboxylic acids is 2. The van der Waals surface area contributed by atoms with Gasteiger partial charge in [-0.25, -0.2) is 0 Å². The molecule has 0 spiro atoms. The summed E-state index contributed by atoms with van der Waals surface area (Å²) in [6.45, 7) is 2.24. The lowest BCUT2D eigenvalue weighted by atomic mass is 10.1. The minimum atomic E-state index is -1.96. The number of carbonyl (C=O) groups is 2. The fraction of sp³-hybridized carbons (Fsp3) is 0.286. The molecule has 0 saturated carbocycles. The lowest BCUT2D eigenvalue weighted by Gasteiger charge is -2.27. The number of aliphatic hydroxyl groups excluding tert-OH is 2. The topological polar surface area (TPSA) is 114 Å². The molecule has 29 heavy (non-hydrogen) atoms. The van der Waals surface area contributed by atoms with Crippen molar-refractivity contribution in [3.63, 3.8) is 0 Å². The van der Waals surface area contributed by atoms with Gasteiger partial charge in [0.2, 0.25) is 0 Å². The number of nitrogens with one attached hydrogen (secondary N) is 1. The van der Waals surface area contributed by atoms with E-state index in [0.717, 1.165) is 11.1 Å². The van der Waals surface area contributed by atoms with Crippen molar-refractivity contribution in [1.82, 2.24) is 4.90 Å². The van der Waals surface area contributed by atoms with E-state index in [-0.39, 0.29) is 19.0 Å². The van der Waals surface area contributed by atoms with Crippen molar-refractivity contribution < 1.29 is 19.8 Å². The predicted molar refractivity (Wildman–Crippen MR) is 109 cm³/mol. The Balaban J connectivity index is 2.06. The van der Waals surface area contributed by atoms with Crippen molar-refractivity contribution in [3.05, 3.63) is 65.2 Å². The van der Waals surface area contributed by atoms with Crippen LogP contribution in [0.15, 0.2) is 48.5 Å². The molecule has 8 heteroatoms. The number of aryl methyl sites for hydroxylation is 1. The summed E-state index contributed by atoms with van der Waals surface area (Å²) >= 11 is 5.78. The second kappa shape index (κ2) is 10.6. The van der Waals surface area contributed by atoms with E-state index in [2.05, 4.69) is 5.32 Å². The van der Waals surface area contributed by atoms with E-state index in [1.165, 1.54) is 29.2 Å². The summed E-state index contributed by atoms with van der Waals surface area (Å²) in [7, 11) is 0. The van der Waals surface area contributed by atoms with Crippen molar-refractivity contribution in [2.45, 2.75) is 25.7 Å². The predicted octanol–water partition coefficient (Wildman–Crippen LogP) is 1.79. The SMILES string of the molecule is Cc1ccccc1CN(CCCl)C(=O)[C@H](O)[C@@H](O)C(=O)Nc1ccc(C#N)cc1. The number of amides is 2. The summed E-state index contributed by atoms with van der Waals surface area (Å²) in [6.07, 6.45) is -3.91. The molecule has 0 heterocycles. The van der Waals surface area contributed by atoms with Gasteiger partial charge >= 0.3 is 0 Å². The molecule has 3 N–H and O–H groups in total. The Bertz CT molecular complexity index is 896. The van der Waals surface area contributed by atoms with Crippen molar-refractivity contribution in [2.75, 3.05) is 17.7 Å². The monoisotopic (exact) mass is 415 g/mol. The molecule has 0 saturated heterocycles. The molecule has 152 valence electrons. The van der Waals surface area contributed by atoms with Gasteiger partial charge in [-0.15, -0.1) is 11.6 Å². The molecule has 2 aromatic carbocycles. The molecule has 7 nitrogen and oxygen atoms in total. The van der Waals surface area contributed by atoms with Crippen LogP contribution in [0.2, 0.25) is 0 Å². The Hall–Kier alpha value is -2.92. The standard InChI is InChI=1S/C21H22ClN3O4/c1-14-4-2-3-5-16(14)13-25(11-10-22)21(29)19(27)18(26)20(28)24-17-8-6-15(12-23)7-9-17/h2-9,18-19,26-27H,10-11,13H2,1H3,(H,24,28)/t18-,19-/m1/s1. The van der Waals surface area contributed by atoms with Crippen LogP contribution >= 0.6 is 11.6 Å². The second-order valence-corrected chi connectivity index (χ2v) is 6.82. The molecule has 0 radical (unpaired) electrons. The van der Waals surface area contributed by atoms with E-state index in [1.54, 1.807) is 0 Å². The maximum atomic E-state index is 12.7. The smallest absolute Gasteiger partial charge is 0.256 e. The molecule has 0 bridgehead atoms. The number of halogens is 1. The number of nitriles is 1. The van der Waals surface area contributed by atoms with E-state index in [0.29, 0.717) is 11.3 Å². The van der Waals surface area contributed by atoms with Gasteiger partial charge in [-0.05, 0) is 42.3 Å². The third kappa shape index (κ3) is 6.03. The Kier molecular flexibility index (Phi) is 8.16. The summed E-state index contributed by atoms with van der Waals surface area (Å²) < 4.78 is 0. The number of benzene rings is 2. The Morgan fingerprint density at radius 3 is 2.38 bits per heavy atom. The van der Waals surface area contributed by atoms with Gasteiger partial charge in [-0.1, -0.05) is 24.3 Å². The maximum Gasteiger partial charge on any atom is 0.256 e. The van der Waals surface area contributed by atoms with Crippen molar-refractivity contribution in [2.24, 2.45) is 0 Å². The molecule has 0 aromatic heterocycles. The molecule has 0 aliphatic rings. The Morgan fingerprint density at radius 1 is 1.14 bits per heavy atom. The molecular formula is C21H22ClN3O4. The van der Waals surface area contributed by atoms with Crippen LogP contribution in [0.4, 0.5) is 5.69 Å². The van der Waals surface area contributed by atoms with Crippen LogP contribution < -0.4 is 5.32 Å². The first-order chi connectivity index (χ1) is 13.9. The number of rotatable bonds is 8. The van der Waals surface area contributed by atoms with E-state index >= 15 is 0 Å². The zero-order valence-corrected chi connectivity index (χ0v) is 16.6. The molecule has 0 unspecified atom stereocenters. The highest BCUT2D eigenvalue weighted by molar-refractivity contribution is 6.18. The van der Waals surface area contributed by atoms with Gasteiger partial charge in [0.1, 0.15) is 0 Å². The van der Waals surface area contributed by atoms with Crippen LogP contribution in [0.5, 0.6) is 0 Å². The minimum Gasteiger partial charge on any atom is -0.380 e. The zero-order valence-electron chi connectivity index (χ0n) is 15.9. The largest absolute Gasteiger partial charge is 0.380 e. The summed E-state index contributed by atoms with van der Waals surface area (Å²) in [5.41, 5.74) is 2.57. The second-order valence-electron chi connectivity index (χ2n) is 6.44. The summed E-state index contributed by atoms with van der Waals surface area (Å²) in [4.78, 5) is 26.2. The Labute approximate surface area is 174 Å². The first kappa shape index (κ1) is 22.4. The molecule has 2 aromatic rings. The normalized spacial score (nSPS) is 12.5. The highest BCUT2D eigenvalue weighted by atomic mass is 35.5. The molecule has 2 rings (SSSR count). The van der Waals surface area contributed by atoms with E-state index < -0.39 is 24.0 Å². The maximum absolute atomic E-state index is 12.7. The highest BCUT2D eigenvalue weighted by Gasteiger charge is 2.33. The number of hydrogen-bond acceptors (Lipinski definition) is 5. The molecule has 0 aliphatic heterocycles. The van der Waals surface area contributed by atoms with Crippen LogP contribution in [0.3, 0.4) is 0 Å². The average molecular weight is 416 g/mol. The number of anilines is 1. The fourth-order valence-electron chi connectivity index (χ4n) is 2.67. The molecule has 0 fully saturated rings. The lowest BCUT2D eigenvalue weighted by Crippen LogP contribution is -2.49. The number of hydrogen-bond donors (Lipinski definition) is 3. The van der Waals surface area contributed by atoms with Gasteiger partial charge in [0.05, 0.1) is 11.6 Å². The van der Waals surface area contributed by atoms with Gasteiger partial charge in [-0.2, -0.15) is 5.26 Å². The van der Waals surface area contributed by atoms with Gasteiger partial charge in [0.25, 0.3) is 11.8 Å². The minimum absolute atomic E-state index is 0.137. The van der Waals surface area contributed by atoms with Gasteiger partial charge in [0.15, 0.2) is 12.2 Å². The van der Waals surface area contributed by atoms with Gasteiger partial charge < -0.3 is 20.4 Å². The van der Waals surface area contributed by atoms with E-state index in [4.69, 9.17) is 16.9 Å². The molecule has 0 aliphatic carbocycles. The van der Waals surface area contributed by atoms with Crippen LogP contribution in [0.1, 0.15) is 16.7 Å². The van der Waals surface area contributed by atoms with Gasteiger partial charge in [0, 0.05) is 24.7 Å². The number of alkyl halides is 1. The summed E-state index contributed by atoms with van der Waals surface area (Å²) in [6, 6.07) is 15.4. The van der Waals surface area contributed by atoms with Crippen LogP contribution in [0.25, 0.3) is 0 Å². The summed E-state index contributed by atoms with van der Waals surface area (Å²) in [5, 5.41) is 31.6. The number of aliphatic hydroxyl groups is 2. The third-order valence-corrected chi connectivity index (χ3v) is 4.56. The molecule has 2 atom stereocenters. The van der Waals surface area contributed by atoms with Crippen LogP contribution in [0, 0.1) is 18.3 Å².